The molecular formula is C17H28O2. The first-order valence-corrected chi connectivity index (χ1v) is 7.32. The quantitative estimate of drug-likeness (QED) is 0.471. The van der Waals surface area contributed by atoms with Gasteiger partial charge in [-0.2, -0.15) is 0 Å². The molecule has 0 saturated carbocycles. The van der Waals surface area contributed by atoms with Crippen molar-refractivity contribution >= 4 is 6.47 Å². The normalized spacial score (nSPS) is 9.63. The SMILES string of the molecule is CC(C)CCCCCCCOC=O.c1ccccc1. The van der Waals surface area contributed by atoms with Gasteiger partial charge in [0.2, 0.25) is 0 Å². The molecule has 2 heteroatoms. The summed E-state index contributed by atoms with van der Waals surface area (Å²) >= 11 is 0. The summed E-state index contributed by atoms with van der Waals surface area (Å²) < 4.78 is 4.60. The van der Waals surface area contributed by atoms with Gasteiger partial charge in [0.15, 0.2) is 0 Å². The molecule has 0 radical (unpaired) electrons. The van der Waals surface area contributed by atoms with E-state index < -0.39 is 0 Å². The Bertz CT molecular complexity index is 243. The lowest BCUT2D eigenvalue weighted by molar-refractivity contribution is -0.128. The Balaban J connectivity index is 0.000000443. The monoisotopic (exact) mass is 264 g/mol. The van der Waals surface area contributed by atoms with Crippen LogP contribution in [0.25, 0.3) is 0 Å². The van der Waals surface area contributed by atoms with Gasteiger partial charge in [-0.05, 0) is 12.3 Å². The van der Waals surface area contributed by atoms with Crippen LogP contribution in [0.1, 0.15) is 52.4 Å². The molecule has 0 aliphatic carbocycles. The van der Waals surface area contributed by atoms with Crippen LogP contribution < -0.4 is 0 Å². The molecule has 108 valence electrons. The highest BCUT2D eigenvalue weighted by Crippen LogP contribution is 2.10. The first-order chi connectivity index (χ1) is 9.27. The number of ether oxygens (including phenoxy) is 1. The fourth-order valence-corrected chi connectivity index (χ4v) is 1.70. The molecule has 0 N–H and O–H groups in total. The summed E-state index contributed by atoms with van der Waals surface area (Å²) in [5.74, 6) is 0.832. The molecule has 0 spiro atoms. The topological polar surface area (TPSA) is 26.3 Å². The third-order valence-corrected chi connectivity index (χ3v) is 2.78. The molecule has 0 amide bonds. The van der Waals surface area contributed by atoms with E-state index in [2.05, 4.69) is 18.6 Å². The van der Waals surface area contributed by atoms with Crippen LogP contribution in [-0.2, 0) is 9.53 Å². The molecule has 19 heavy (non-hydrogen) atoms. The van der Waals surface area contributed by atoms with Crippen molar-refractivity contribution in [3.05, 3.63) is 36.4 Å². The first kappa shape index (κ1) is 17.7. The van der Waals surface area contributed by atoms with Crippen molar-refractivity contribution in [3.8, 4) is 0 Å². The summed E-state index contributed by atoms with van der Waals surface area (Å²) in [5.41, 5.74) is 0. The summed E-state index contributed by atoms with van der Waals surface area (Å²) in [6.07, 6.45) is 7.47. The van der Waals surface area contributed by atoms with E-state index >= 15 is 0 Å². The molecule has 1 rings (SSSR count). The number of benzene rings is 1. The summed E-state index contributed by atoms with van der Waals surface area (Å²) in [4.78, 5) is 9.79. The minimum absolute atomic E-state index is 0.527. The van der Waals surface area contributed by atoms with Gasteiger partial charge >= 0.3 is 0 Å². The Kier molecular flexibility index (Phi) is 13.7. The Morgan fingerprint density at radius 3 is 1.79 bits per heavy atom. The molecule has 0 bridgehead atoms. The Hall–Kier alpha value is -1.31. The maximum Gasteiger partial charge on any atom is 0.293 e. The van der Waals surface area contributed by atoms with E-state index in [1.54, 1.807) is 0 Å². The molecule has 0 saturated heterocycles. The Labute approximate surface area is 118 Å². The van der Waals surface area contributed by atoms with Crippen molar-refractivity contribution in [1.82, 2.24) is 0 Å². The van der Waals surface area contributed by atoms with Crippen molar-refractivity contribution < 1.29 is 9.53 Å². The highest BCUT2D eigenvalue weighted by molar-refractivity contribution is 5.36. The van der Waals surface area contributed by atoms with Crippen LogP contribution in [0, 0.1) is 5.92 Å². The summed E-state index contributed by atoms with van der Waals surface area (Å²) in [6.45, 7) is 5.64. The highest BCUT2D eigenvalue weighted by Gasteiger charge is 1.94. The zero-order chi connectivity index (χ0) is 14.2. The van der Waals surface area contributed by atoms with Crippen molar-refractivity contribution in [2.24, 2.45) is 5.92 Å². The third kappa shape index (κ3) is 16.7. The van der Waals surface area contributed by atoms with Crippen LogP contribution in [0.5, 0.6) is 0 Å². The second kappa shape index (κ2) is 14.7. The zero-order valence-electron chi connectivity index (χ0n) is 12.4. The summed E-state index contributed by atoms with van der Waals surface area (Å²) in [7, 11) is 0. The van der Waals surface area contributed by atoms with Crippen molar-refractivity contribution in [2.75, 3.05) is 6.61 Å². The van der Waals surface area contributed by atoms with E-state index in [1.165, 1.54) is 32.1 Å². The zero-order valence-corrected chi connectivity index (χ0v) is 12.4. The van der Waals surface area contributed by atoms with Crippen LogP contribution in [-0.4, -0.2) is 13.1 Å². The number of unbranched alkanes of at least 4 members (excludes halogenated alkanes) is 4. The molecule has 1 aromatic rings. The molecule has 0 fully saturated rings. The molecule has 1 aromatic carbocycles. The maximum atomic E-state index is 9.79. The predicted molar refractivity (Wildman–Crippen MR) is 81.0 cm³/mol. The average molecular weight is 264 g/mol. The minimum Gasteiger partial charge on any atom is -0.468 e. The molecule has 2 nitrogen and oxygen atoms in total. The van der Waals surface area contributed by atoms with E-state index in [9.17, 15) is 4.79 Å². The van der Waals surface area contributed by atoms with E-state index in [1.807, 2.05) is 36.4 Å². The van der Waals surface area contributed by atoms with Crippen LogP contribution in [0.3, 0.4) is 0 Å². The van der Waals surface area contributed by atoms with Gasteiger partial charge in [0.1, 0.15) is 0 Å². The van der Waals surface area contributed by atoms with E-state index in [0.717, 1.165) is 12.3 Å². The van der Waals surface area contributed by atoms with Crippen molar-refractivity contribution in [3.63, 3.8) is 0 Å². The number of carbonyl (C=O) groups is 1. The van der Waals surface area contributed by atoms with Crippen LogP contribution in [0.2, 0.25) is 0 Å². The van der Waals surface area contributed by atoms with Gasteiger partial charge in [-0.3, -0.25) is 4.79 Å². The van der Waals surface area contributed by atoms with E-state index in [-0.39, 0.29) is 0 Å². The fraction of sp³-hybridized carbons (Fsp3) is 0.588. The molecule has 0 heterocycles. The van der Waals surface area contributed by atoms with Gasteiger partial charge in [0.25, 0.3) is 6.47 Å². The molecular weight excluding hydrogens is 236 g/mol. The second-order valence-corrected chi connectivity index (χ2v) is 5.07. The molecule has 0 aliphatic rings. The number of carbonyl (C=O) groups excluding carboxylic acids is 1. The highest BCUT2D eigenvalue weighted by atomic mass is 16.5. The van der Waals surface area contributed by atoms with E-state index in [0.29, 0.717) is 13.1 Å². The molecule has 0 aromatic heterocycles. The van der Waals surface area contributed by atoms with Gasteiger partial charge in [-0.1, -0.05) is 82.3 Å². The smallest absolute Gasteiger partial charge is 0.293 e. The lowest BCUT2D eigenvalue weighted by atomic mass is 10.0. The summed E-state index contributed by atoms with van der Waals surface area (Å²) in [6, 6.07) is 12.0. The number of hydrogen-bond donors (Lipinski definition) is 0. The van der Waals surface area contributed by atoms with Crippen molar-refractivity contribution in [2.45, 2.75) is 52.4 Å². The standard InChI is InChI=1S/C11H22O2.C6H6/c1-11(2)8-6-4-3-5-7-9-13-10-12;1-2-4-6-5-3-1/h10-11H,3-9H2,1-2H3;1-6H. The van der Waals surface area contributed by atoms with E-state index in [4.69, 9.17) is 0 Å². The predicted octanol–water partition coefficient (Wildman–Crippen LogP) is 4.84. The number of rotatable bonds is 9. The Morgan fingerprint density at radius 2 is 1.32 bits per heavy atom. The van der Waals surface area contributed by atoms with Crippen LogP contribution in [0.15, 0.2) is 36.4 Å². The third-order valence-electron chi connectivity index (χ3n) is 2.78. The molecule has 0 atom stereocenters. The average Bonchev–Trinajstić information content (AvgIpc) is 2.44. The minimum atomic E-state index is 0.527. The van der Waals surface area contributed by atoms with Crippen LogP contribution in [0.4, 0.5) is 0 Å². The van der Waals surface area contributed by atoms with Crippen molar-refractivity contribution in [1.29, 1.82) is 0 Å². The summed E-state index contributed by atoms with van der Waals surface area (Å²) in [5, 5.41) is 0. The van der Waals surface area contributed by atoms with Gasteiger partial charge in [-0.15, -0.1) is 0 Å². The molecule has 0 aliphatic heterocycles. The van der Waals surface area contributed by atoms with Gasteiger partial charge < -0.3 is 4.74 Å². The lowest BCUT2D eigenvalue weighted by Gasteiger charge is -2.03. The van der Waals surface area contributed by atoms with Crippen LogP contribution >= 0.6 is 0 Å². The fourth-order valence-electron chi connectivity index (χ4n) is 1.70. The lowest BCUT2D eigenvalue weighted by Crippen LogP contribution is -1.92. The first-order valence-electron chi connectivity index (χ1n) is 7.32. The van der Waals surface area contributed by atoms with Gasteiger partial charge in [-0.25, -0.2) is 0 Å². The molecule has 0 unspecified atom stereocenters. The maximum absolute atomic E-state index is 9.79. The second-order valence-electron chi connectivity index (χ2n) is 5.07. The van der Waals surface area contributed by atoms with Gasteiger partial charge in [0.05, 0.1) is 6.61 Å². The largest absolute Gasteiger partial charge is 0.468 e. The Morgan fingerprint density at radius 1 is 0.842 bits per heavy atom. The number of hydrogen-bond acceptors (Lipinski definition) is 2. The van der Waals surface area contributed by atoms with Gasteiger partial charge in [0, 0.05) is 0 Å².